The largest absolute Gasteiger partial charge is 0.420 e. The van der Waals surface area contributed by atoms with Gasteiger partial charge in [-0.3, -0.25) is 14.4 Å². The van der Waals surface area contributed by atoms with Crippen LogP contribution in [0.4, 0.5) is 23.2 Å². The number of amidine groups is 1. The van der Waals surface area contributed by atoms with Gasteiger partial charge in [-0.05, 0) is 63.8 Å². The number of hydrogen-bond acceptors (Lipinski definition) is 18. The first-order valence-electron chi connectivity index (χ1n) is 24.7. The van der Waals surface area contributed by atoms with E-state index in [9.17, 15) is 27.2 Å². The van der Waals surface area contributed by atoms with Crippen LogP contribution in [0.15, 0.2) is 22.7 Å². The lowest BCUT2D eigenvalue weighted by atomic mass is 9.93. The van der Waals surface area contributed by atoms with Gasteiger partial charge in [0.1, 0.15) is 5.84 Å². The number of fused-ring (bicyclic) bond motifs is 1. The van der Waals surface area contributed by atoms with Crippen molar-refractivity contribution in [2.75, 3.05) is 165 Å². The maximum Gasteiger partial charge on any atom is 0.313 e. The van der Waals surface area contributed by atoms with Crippen LogP contribution >= 0.6 is 11.3 Å². The zero-order chi connectivity index (χ0) is 51.6. The molecule has 1 aromatic heterocycles. The Balaban J connectivity index is 0.828. The minimum Gasteiger partial charge on any atom is -0.420 e. The van der Waals surface area contributed by atoms with Crippen molar-refractivity contribution >= 4 is 40.8 Å². The average molecular weight is 1050 g/mol. The van der Waals surface area contributed by atoms with Gasteiger partial charge in [-0.1, -0.05) is 6.92 Å². The maximum atomic E-state index is 13.6. The summed E-state index contributed by atoms with van der Waals surface area (Å²) in [7, 11) is 0. The average Bonchev–Trinajstić information content (AvgIpc) is 3.65. The van der Waals surface area contributed by atoms with Crippen molar-refractivity contribution < 1.29 is 84.1 Å². The summed E-state index contributed by atoms with van der Waals surface area (Å²) >= 11 is 1.70. The minimum absolute atomic E-state index is 0.0190. The number of thiophene rings is 1. The number of nitrogens with zero attached hydrogens (tertiary/aromatic N) is 3. The molecule has 23 heteroatoms. The zero-order valence-corrected chi connectivity index (χ0v) is 42.6. The highest BCUT2D eigenvalue weighted by atomic mass is 32.1. The van der Waals surface area contributed by atoms with Gasteiger partial charge in [0.25, 0.3) is 5.91 Å². The Morgan fingerprint density at radius 2 is 1.14 bits per heavy atom. The Morgan fingerprint density at radius 1 is 0.681 bits per heavy atom. The molecule has 2 aliphatic heterocycles. The number of esters is 1. The molecular weight excluding hydrogens is 977 g/mol. The van der Waals surface area contributed by atoms with E-state index in [1.165, 1.54) is 9.94 Å². The summed E-state index contributed by atoms with van der Waals surface area (Å²) in [6.45, 7) is 15.6. The van der Waals surface area contributed by atoms with E-state index >= 15 is 0 Å². The fourth-order valence-corrected chi connectivity index (χ4v) is 8.34. The Kier molecular flexibility index (Phi) is 31.4. The number of halogens is 4. The van der Waals surface area contributed by atoms with Gasteiger partial charge in [0.15, 0.2) is 11.6 Å². The second kappa shape index (κ2) is 37.1. The molecule has 0 aliphatic carbocycles. The number of nitrogens with two attached hydrogens (primary N) is 1. The van der Waals surface area contributed by atoms with E-state index in [0.717, 1.165) is 55.9 Å². The number of amides is 1. The van der Waals surface area contributed by atoms with Crippen LogP contribution in [0.25, 0.3) is 6.08 Å². The van der Waals surface area contributed by atoms with Crippen molar-refractivity contribution in [3.63, 3.8) is 0 Å². The highest BCUT2D eigenvalue weighted by molar-refractivity contribution is 7.13. The van der Waals surface area contributed by atoms with Crippen LogP contribution in [-0.4, -0.2) is 193 Å². The fourth-order valence-electron chi connectivity index (χ4n) is 7.15. The van der Waals surface area contributed by atoms with Gasteiger partial charge in [-0.15, -0.1) is 11.3 Å². The quantitative estimate of drug-likeness (QED) is 0.0214. The van der Waals surface area contributed by atoms with Crippen LogP contribution < -0.4 is 10.5 Å². The lowest BCUT2D eigenvalue weighted by Crippen LogP contribution is -2.36. The number of hydroxylamine groups is 2. The van der Waals surface area contributed by atoms with Gasteiger partial charge in [0, 0.05) is 36.0 Å². The summed E-state index contributed by atoms with van der Waals surface area (Å²) < 4.78 is 113. The van der Waals surface area contributed by atoms with Crippen LogP contribution in [0, 0.1) is 29.2 Å². The van der Waals surface area contributed by atoms with Crippen LogP contribution in [0.2, 0.25) is 0 Å². The third-order valence-electron chi connectivity index (χ3n) is 10.8. The molecule has 0 radical (unpaired) electrons. The molecule has 1 amide bonds. The first-order valence-corrected chi connectivity index (χ1v) is 25.6. The van der Waals surface area contributed by atoms with Crippen molar-refractivity contribution in [2.45, 2.75) is 52.4 Å². The SMILES string of the molecule is CCCN(OCC)C(=O)C1=Cc2sc(CC3CCN(CCOCCOCCOCCOCCOCCOCCOCCOCCOCCOCCC(=O)Oc4c(F)c(F)cc(F)c4F)CC3)cc2N=C(N)C1. The van der Waals surface area contributed by atoms with Crippen molar-refractivity contribution in [2.24, 2.45) is 16.6 Å². The van der Waals surface area contributed by atoms with E-state index < -0.39 is 41.4 Å². The lowest BCUT2D eigenvalue weighted by molar-refractivity contribution is -0.180. The third kappa shape index (κ3) is 24.6. The molecule has 408 valence electrons. The van der Waals surface area contributed by atoms with Crippen LogP contribution in [0.1, 0.15) is 55.7 Å². The standard InChI is InChI=1S/C49H74F4N4O14S/c1-3-8-57(70-4-2)49(59)38-33-43-42(55-44(54)34-38)35-39(72-43)32-37-5-9-56(10-6-37)11-13-61-15-17-63-19-21-65-23-25-67-27-29-69-31-30-68-28-26-66-24-22-64-20-18-62-16-14-60-12-7-45(58)71-48-46(52)40(50)36-41(51)47(48)53/h33,35-37H,3-32,34H2,1-2H3,(H2,54,55). The van der Waals surface area contributed by atoms with E-state index in [2.05, 4.69) is 20.7 Å². The monoisotopic (exact) mass is 1050 g/mol. The van der Waals surface area contributed by atoms with Crippen molar-refractivity contribution in [3.8, 4) is 5.75 Å². The van der Waals surface area contributed by atoms with Gasteiger partial charge in [-0.2, -0.15) is 8.78 Å². The first kappa shape index (κ1) is 60.9. The van der Waals surface area contributed by atoms with Gasteiger partial charge in [0.2, 0.25) is 17.4 Å². The van der Waals surface area contributed by atoms with E-state index in [1.54, 1.807) is 11.3 Å². The molecule has 4 rings (SSSR count). The summed E-state index contributed by atoms with van der Waals surface area (Å²) in [5.74, 6) is -8.61. The highest BCUT2D eigenvalue weighted by Crippen LogP contribution is 2.37. The molecule has 2 aliphatic rings. The minimum atomic E-state index is -1.80. The van der Waals surface area contributed by atoms with Gasteiger partial charge in [0.05, 0.1) is 156 Å². The zero-order valence-electron chi connectivity index (χ0n) is 41.8. The number of ether oxygens (including phenoxy) is 11. The number of likely N-dealkylation sites (tertiary alicyclic amines) is 1. The van der Waals surface area contributed by atoms with E-state index in [1.807, 2.05) is 19.9 Å². The maximum absolute atomic E-state index is 13.6. The molecule has 2 N–H and O–H groups in total. The Morgan fingerprint density at radius 3 is 1.60 bits per heavy atom. The summed E-state index contributed by atoms with van der Waals surface area (Å²) in [6.07, 6.45) is 5.90. The van der Waals surface area contributed by atoms with Gasteiger partial charge in [-0.25, -0.2) is 18.8 Å². The topological polar surface area (TPSA) is 190 Å². The van der Waals surface area contributed by atoms with Crippen molar-refractivity contribution in [3.05, 3.63) is 50.7 Å². The number of piperidine rings is 1. The fraction of sp³-hybridized carbons (Fsp3) is 0.694. The molecule has 3 heterocycles. The molecule has 0 bridgehead atoms. The molecule has 1 saturated heterocycles. The highest BCUT2D eigenvalue weighted by Gasteiger charge is 2.26. The molecule has 72 heavy (non-hydrogen) atoms. The van der Waals surface area contributed by atoms with E-state index in [0.29, 0.717) is 149 Å². The summed E-state index contributed by atoms with van der Waals surface area (Å²) in [5, 5.41) is 1.44. The van der Waals surface area contributed by atoms with Crippen molar-refractivity contribution in [1.29, 1.82) is 0 Å². The molecule has 2 aromatic rings. The lowest BCUT2D eigenvalue weighted by Gasteiger charge is -2.31. The number of benzene rings is 1. The smallest absolute Gasteiger partial charge is 0.313 e. The molecular formula is C49H74F4N4O14S. The van der Waals surface area contributed by atoms with Gasteiger partial charge < -0.3 is 62.7 Å². The molecule has 1 fully saturated rings. The second-order valence-corrected chi connectivity index (χ2v) is 17.5. The summed E-state index contributed by atoms with van der Waals surface area (Å²) in [5.41, 5.74) is 7.69. The number of carbonyl (C=O) groups is 2. The number of hydrogen-bond donors (Lipinski definition) is 1. The predicted octanol–water partition coefficient (Wildman–Crippen LogP) is 5.69. The van der Waals surface area contributed by atoms with Crippen molar-refractivity contribution in [1.82, 2.24) is 9.96 Å². The predicted molar refractivity (Wildman–Crippen MR) is 259 cm³/mol. The summed E-state index contributed by atoms with van der Waals surface area (Å²) in [4.78, 5) is 39.9. The van der Waals surface area contributed by atoms with Crippen LogP contribution in [0.5, 0.6) is 5.75 Å². The molecule has 0 saturated carbocycles. The molecule has 0 unspecified atom stereocenters. The number of aliphatic imine (C=N–C) groups is 1. The van der Waals surface area contributed by atoms with Crippen LogP contribution in [0.3, 0.4) is 0 Å². The van der Waals surface area contributed by atoms with Gasteiger partial charge >= 0.3 is 5.97 Å². The normalized spacial score (nSPS) is 14.3. The molecule has 1 aromatic carbocycles. The summed E-state index contributed by atoms with van der Waals surface area (Å²) in [6, 6.07) is 2.15. The number of carbonyl (C=O) groups excluding carboxylic acids is 2. The van der Waals surface area contributed by atoms with E-state index in [-0.39, 0.29) is 31.8 Å². The first-order chi connectivity index (χ1) is 35.1. The van der Waals surface area contributed by atoms with Crippen LogP contribution in [-0.2, 0) is 68.2 Å². The molecule has 0 atom stereocenters. The molecule has 0 spiro atoms. The Bertz CT molecular complexity index is 1880. The second-order valence-electron chi connectivity index (χ2n) is 16.4. The Labute approximate surface area is 424 Å². The third-order valence-corrected chi connectivity index (χ3v) is 11.9. The van der Waals surface area contributed by atoms with E-state index in [4.69, 9.17) is 57.9 Å². The molecule has 18 nitrogen and oxygen atoms in total. The number of rotatable bonds is 41. The Hall–Kier alpha value is -3.69.